The van der Waals surface area contributed by atoms with Gasteiger partial charge in [0.25, 0.3) is 0 Å². The van der Waals surface area contributed by atoms with Crippen LogP contribution in [0.1, 0.15) is 16.8 Å². The van der Waals surface area contributed by atoms with Crippen molar-refractivity contribution in [3.8, 4) is 11.5 Å². The lowest BCUT2D eigenvalue weighted by Crippen LogP contribution is -2.01. The molecular formula is C15H18N2OS. The van der Waals surface area contributed by atoms with Crippen LogP contribution >= 0.6 is 11.8 Å². The van der Waals surface area contributed by atoms with Crippen LogP contribution in [0.25, 0.3) is 0 Å². The first kappa shape index (κ1) is 13.9. The van der Waals surface area contributed by atoms with Crippen LogP contribution in [0.4, 0.5) is 0 Å². The Morgan fingerprint density at radius 2 is 2.05 bits per heavy atom. The molecule has 0 radical (unpaired) electrons. The Balaban J connectivity index is 2.33. The van der Waals surface area contributed by atoms with Gasteiger partial charge in [0, 0.05) is 35.0 Å². The largest absolute Gasteiger partial charge is 0.457 e. The van der Waals surface area contributed by atoms with Crippen molar-refractivity contribution in [1.82, 2.24) is 4.98 Å². The Kier molecular flexibility index (Phi) is 4.45. The molecule has 1 heterocycles. The van der Waals surface area contributed by atoms with Crippen LogP contribution in [-0.4, -0.2) is 11.2 Å². The fraction of sp³-hybridized carbons (Fsp3) is 0.267. The minimum Gasteiger partial charge on any atom is -0.457 e. The van der Waals surface area contributed by atoms with E-state index in [4.69, 9.17) is 10.5 Å². The molecule has 2 aromatic rings. The van der Waals surface area contributed by atoms with Crippen LogP contribution in [0.3, 0.4) is 0 Å². The maximum absolute atomic E-state index is 5.95. The van der Waals surface area contributed by atoms with E-state index in [1.54, 1.807) is 18.0 Å². The number of thioether (sulfide) groups is 1. The zero-order chi connectivity index (χ0) is 13.8. The van der Waals surface area contributed by atoms with Gasteiger partial charge in [-0.15, -0.1) is 11.8 Å². The first-order valence-electron chi connectivity index (χ1n) is 6.12. The highest BCUT2D eigenvalue weighted by Gasteiger charge is 2.06. The van der Waals surface area contributed by atoms with Gasteiger partial charge in [-0.1, -0.05) is 6.07 Å². The summed E-state index contributed by atoms with van der Waals surface area (Å²) in [5, 5.41) is 0. The van der Waals surface area contributed by atoms with Crippen LogP contribution < -0.4 is 10.5 Å². The summed E-state index contributed by atoms with van der Waals surface area (Å²) in [6.45, 7) is 4.46. The van der Waals surface area contributed by atoms with Gasteiger partial charge in [-0.2, -0.15) is 0 Å². The van der Waals surface area contributed by atoms with Crippen molar-refractivity contribution >= 4 is 11.8 Å². The van der Waals surface area contributed by atoms with Crippen molar-refractivity contribution in [3.05, 3.63) is 47.3 Å². The molecule has 2 N–H and O–H groups in total. The molecule has 4 heteroatoms. The molecule has 0 aliphatic carbocycles. The zero-order valence-electron chi connectivity index (χ0n) is 11.4. The van der Waals surface area contributed by atoms with E-state index < -0.39 is 0 Å². The molecule has 2 rings (SSSR count). The van der Waals surface area contributed by atoms with E-state index in [9.17, 15) is 0 Å². The summed E-state index contributed by atoms with van der Waals surface area (Å²) in [5.74, 6) is 1.61. The van der Waals surface area contributed by atoms with Gasteiger partial charge in [0.05, 0.1) is 0 Å². The fourth-order valence-electron chi connectivity index (χ4n) is 1.80. The van der Waals surface area contributed by atoms with Gasteiger partial charge >= 0.3 is 0 Å². The molecule has 0 spiro atoms. The third-order valence-electron chi connectivity index (χ3n) is 2.91. The number of nitrogens with zero attached hydrogens (tertiary/aromatic N) is 1. The van der Waals surface area contributed by atoms with Gasteiger partial charge in [-0.3, -0.25) is 4.98 Å². The molecule has 0 unspecified atom stereocenters. The van der Waals surface area contributed by atoms with Crippen molar-refractivity contribution in [1.29, 1.82) is 0 Å². The predicted octanol–water partition coefficient (Wildman–Crippen LogP) is 3.67. The van der Waals surface area contributed by atoms with Crippen molar-refractivity contribution in [2.75, 3.05) is 6.26 Å². The van der Waals surface area contributed by atoms with E-state index in [-0.39, 0.29) is 0 Å². The smallest absolute Gasteiger partial charge is 0.135 e. The minimum atomic E-state index is 0.420. The first-order chi connectivity index (χ1) is 9.13. The van der Waals surface area contributed by atoms with Gasteiger partial charge in [-0.25, -0.2) is 0 Å². The summed E-state index contributed by atoms with van der Waals surface area (Å²) in [6.07, 6.45) is 3.84. The highest BCUT2D eigenvalue weighted by atomic mass is 32.2. The van der Waals surface area contributed by atoms with E-state index in [2.05, 4.69) is 30.3 Å². The van der Waals surface area contributed by atoms with E-state index in [0.717, 1.165) is 22.8 Å². The molecule has 0 fully saturated rings. The molecule has 0 amide bonds. The summed E-state index contributed by atoms with van der Waals surface area (Å²) in [7, 11) is 0. The molecule has 0 bridgehead atoms. The zero-order valence-corrected chi connectivity index (χ0v) is 12.3. The first-order valence-corrected chi connectivity index (χ1v) is 7.34. The summed E-state index contributed by atoms with van der Waals surface area (Å²) in [5.41, 5.74) is 8.80. The fourth-order valence-corrected chi connectivity index (χ4v) is 2.43. The highest BCUT2D eigenvalue weighted by Crippen LogP contribution is 2.30. The molecular weight excluding hydrogens is 256 g/mol. The van der Waals surface area contributed by atoms with Crippen molar-refractivity contribution in [2.24, 2.45) is 5.73 Å². The molecule has 1 aromatic heterocycles. The topological polar surface area (TPSA) is 48.1 Å². The third-order valence-corrected chi connectivity index (χ3v) is 3.79. The number of hydrogen-bond donors (Lipinski definition) is 1. The summed E-state index contributed by atoms with van der Waals surface area (Å²) in [4.78, 5) is 5.46. The lowest BCUT2D eigenvalue weighted by atomic mass is 10.2. The number of benzene rings is 1. The molecule has 100 valence electrons. The number of hydrogen-bond acceptors (Lipinski definition) is 4. The Bertz CT molecular complexity index is 584. The predicted molar refractivity (Wildman–Crippen MR) is 79.9 cm³/mol. The van der Waals surface area contributed by atoms with Gasteiger partial charge in [0.2, 0.25) is 0 Å². The van der Waals surface area contributed by atoms with Crippen molar-refractivity contribution < 1.29 is 4.74 Å². The molecule has 0 saturated carbocycles. The maximum Gasteiger partial charge on any atom is 0.135 e. The Morgan fingerprint density at radius 3 is 2.74 bits per heavy atom. The van der Waals surface area contributed by atoms with E-state index in [1.807, 2.05) is 19.1 Å². The monoisotopic (exact) mass is 274 g/mol. The average molecular weight is 274 g/mol. The lowest BCUT2D eigenvalue weighted by molar-refractivity contribution is 0.473. The molecule has 3 nitrogen and oxygen atoms in total. The second kappa shape index (κ2) is 6.08. The van der Waals surface area contributed by atoms with E-state index in [0.29, 0.717) is 6.54 Å². The quantitative estimate of drug-likeness (QED) is 0.864. The third kappa shape index (κ3) is 3.28. The average Bonchev–Trinajstić information content (AvgIpc) is 2.41. The normalized spacial score (nSPS) is 10.5. The number of ether oxygens (including phenoxy) is 1. The van der Waals surface area contributed by atoms with Crippen molar-refractivity contribution in [2.45, 2.75) is 25.3 Å². The SMILES string of the molecule is CSc1cc(Oc2cc(C)ncc2CN)ccc1C. The maximum atomic E-state index is 5.95. The van der Waals surface area contributed by atoms with Gasteiger partial charge < -0.3 is 10.5 Å². The Hall–Kier alpha value is -1.52. The molecule has 0 aliphatic heterocycles. The summed E-state index contributed by atoms with van der Waals surface area (Å²) >= 11 is 1.72. The molecule has 0 aliphatic rings. The second-order valence-corrected chi connectivity index (χ2v) is 5.22. The van der Waals surface area contributed by atoms with Gasteiger partial charge in [0.1, 0.15) is 11.5 Å². The van der Waals surface area contributed by atoms with E-state index in [1.165, 1.54) is 10.5 Å². The molecule has 0 atom stereocenters. The van der Waals surface area contributed by atoms with Crippen LogP contribution in [0.15, 0.2) is 35.4 Å². The highest BCUT2D eigenvalue weighted by molar-refractivity contribution is 7.98. The molecule has 0 saturated heterocycles. The number of pyridine rings is 1. The number of rotatable bonds is 4. The summed E-state index contributed by atoms with van der Waals surface area (Å²) in [6, 6.07) is 8.01. The molecule has 19 heavy (non-hydrogen) atoms. The Labute approximate surface area is 118 Å². The van der Waals surface area contributed by atoms with E-state index >= 15 is 0 Å². The minimum absolute atomic E-state index is 0.420. The van der Waals surface area contributed by atoms with Crippen LogP contribution in [0.5, 0.6) is 11.5 Å². The summed E-state index contributed by atoms with van der Waals surface area (Å²) < 4.78 is 5.95. The number of nitrogens with two attached hydrogens (primary N) is 1. The lowest BCUT2D eigenvalue weighted by Gasteiger charge is -2.12. The van der Waals surface area contributed by atoms with Gasteiger partial charge in [0.15, 0.2) is 0 Å². The van der Waals surface area contributed by atoms with Crippen molar-refractivity contribution in [3.63, 3.8) is 0 Å². The Morgan fingerprint density at radius 1 is 1.26 bits per heavy atom. The molecule has 1 aromatic carbocycles. The van der Waals surface area contributed by atoms with Crippen LogP contribution in [0, 0.1) is 13.8 Å². The number of aromatic nitrogens is 1. The second-order valence-electron chi connectivity index (χ2n) is 4.37. The standard InChI is InChI=1S/C15H18N2OS/c1-10-4-5-13(7-15(10)19-3)18-14-6-11(2)17-9-12(14)8-16/h4-7,9H,8,16H2,1-3H3. The number of aryl methyl sites for hydroxylation is 2. The van der Waals surface area contributed by atoms with Crippen LogP contribution in [0.2, 0.25) is 0 Å². The van der Waals surface area contributed by atoms with Gasteiger partial charge in [-0.05, 0) is 37.8 Å². The van der Waals surface area contributed by atoms with Crippen LogP contribution in [-0.2, 0) is 6.54 Å².